The summed E-state index contributed by atoms with van der Waals surface area (Å²) in [7, 11) is -3.96. The highest BCUT2D eigenvalue weighted by molar-refractivity contribution is 7.92. The first-order valence-electron chi connectivity index (χ1n) is 12.7. The monoisotopic (exact) mass is 623 g/mol. The van der Waals surface area contributed by atoms with Gasteiger partial charge in [0.25, 0.3) is 0 Å². The quantitative estimate of drug-likeness (QED) is 0.290. The van der Waals surface area contributed by atoms with Crippen LogP contribution in [0.4, 0.5) is 18.9 Å². The van der Waals surface area contributed by atoms with Gasteiger partial charge in [-0.2, -0.15) is 13.2 Å². The molecule has 0 fully saturated rings. The molecule has 0 aliphatic heterocycles. The lowest BCUT2D eigenvalue weighted by Crippen LogP contribution is -2.49. The molecule has 0 aromatic heterocycles. The van der Waals surface area contributed by atoms with Crippen molar-refractivity contribution < 1.29 is 31.2 Å². The summed E-state index contributed by atoms with van der Waals surface area (Å²) in [5.74, 6) is -0.583. The fraction of sp³-hybridized carbons (Fsp3) is 0.481. The number of sulfonamides is 1. The van der Waals surface area contributed by atoms with E-state index in [2.05, 4.69) is 5.32 Å². The molecule has 0 saturated heterocycles. The Labute approximate surface area is 243 Å². The largest absolute Gasteiger partial charge is 0.416 e. The van der Waals surface area contributed by atoms with E-state index in [1.54, 1.807) is 19.1 Å². The van der Waals surface area contributed by atoms with Crippen molar-refractivity contribution in [2.24, 2.45) is 5.92 Å². The van der Waals surface area contributed by atoms with Crippen molar-refractivity contribution in [1.29, 1.82) is 0 Å². The molecule has 0 aliphatic rings. The smallest absolute Gasteiger partial charge is 0.354 e. The van der Waals surface area contributed by atoms with Crippen LogP contribution in [0.3, 0.4) is 0 Å². The summed E-state index contributed by atoms with van der Waals surface area (Å²) >= 11 is 12.3. The molecular weight excluding hydrogens is 590 g/mol. The number of rotatable bonds is 13. The number of carbonyl (C=O) groups is 2. The molecule has 7 nitrogen and oxygen atoms in total. The van der Waals surface area contributed by atoms with Gasteiger partial charge >= 0.3 is 6.18 Å². The molecule has 0 radical (unpaired) electrons. The van der Waals surface area contributed by atoms with Gasteiger partial charge in [-0.05, 0) is 54.7 Å². The van der Waals surface area contributed by atoms with Crippen LogP contribution in [0.2, 0.25) is 10.0 Å². The van der Waals surface area contributed by atoms with E-state index in [0.29, 0.717) is 28.6 Å². The van der Waals surface area contributed by atoms with Crippen molar-refractivity contribution in [2.45, 2.75) is 58.8 Å². The summed E-state index contributed by atoms with van der Waals surface area (Å²) < 4.78 is 65.4. The first-order chi connectivity index (χ1) is 18.5. The molecule has 0 spiro atoms. The number of nitrogens with one attached hydrogen (secondary N) is 1. The Kier molecular flexibility index (Phi) is 12.1. The molecule has 2 aromatic carbocycles. The molecular formula is C27H34Cl2F3N3O4S. The topological polar surface area (TPSA) is 86.8 Å². The predicted molar refractivity (Wildman–Crippen MR) is 152 cm³/mol. The Hall–Kier alpha value is -2.50. The molecule has 0 aliphatic carbocycles. The zero-order valence-corrected chi connectivity index (χ0v) is 25.1. The maximum Gasteiger partial charge on any atom is 0.416 e. The Balaban J connectivity index is 2.29. The van der Waals surface area contributed by atoms with Gasteiger partial charge in [0, 0.05) is 36.1 Å². The molecule has 1 atom stereocenters. The van der Waals surface area contributed by atoms with Crippen LogP contribution in [0.15, 0.2) is 42.5 Å². The zero-order valence-electron chi connectivity index (χ0n) is 22.8. The third kappa shape index (κ3) is 9.85. The van der Waals surface area contributed by atoms with E-state index >= 15 is 0 Å². The number of carbonyl (C=O) groups excluding carboxylic acids is 2. The lowest BCUT2D eigenvalue weighted by Gasteiger charge is -2.31. The number of benzene rings is 2. The van der Waals surface area contributed by atoms with Crippen LogP contribution in [0.25, 0.3) is 0 Å². The molecule has 0 bridgehead atoms. The van der Waals surface area contributed by atoms with Gasteiger partial charge in [-0.15, -0.1) is 0 Å². The van der Waals surface area contributed by atoms with Gasteiger partial charge in [0.1, 0.15) is 6.04 Å². The van der Waals surface area contributed by atoms with Crippen LogP contribution in [0.5, 0.6) is 0 Å². The Bertz CT molecular complexity index is 1290. The van der Waals surface area contributed by atoms with Crippen LogP contribution < -0.4 is 9.62 Å². The van der Waals surface area contributed by atoms with Crippen molar-refractivity contribution in [3.63, 3.8) is 0 Å². The molecule has 0 heterocycles. The molecule has 2 aromatic rings. The van der Waals surface area contributed by atoms with Gasteiger partial charge < -0.3 is 10.2 Å². The van der Waals surface area contributed by atoms with Gasteiger partial charge in [-0.3, -0.25) is 13.9 Å². The number of hydrogen-bond donors (Lipinski definition) is 1. The van der Waals surface area contributed by atoms with E-state index in [1.807, 2.05) is 13.8 Å². The molecule has 2 amide bonds. The van der Waals surface area contributed by atoms with Crippen molar-refractivity contribution >= 4 is 50.7 Å². The first kappa shape index (κ1) is 33.7. The lowest BCUT2D eigenvalue weighted by molar-refractivity contribution is -0.141. The highest BCUT2D eigenvalue weighted by atomic mass is 35.5. The highest BCUT2D eigenvalue weighted by Gasteiger charge is 2.32. The van der Waals surface area contributed by atoms with Crippen LogP contribution in [-0.2, 0) is 32.3 Å². The summed E-state index contributed by atoms with van der Waals surface area (Å²) in [6.45, 7) is 5.83. The van der Waals surface area contributed by atoms with Crippen LogP contribution in [0.1, 0.15) is 51.2 Å². The normalized spacial score (nSPS) is 12.8. The maximum atomic E-state index is 13.5. The Morgan fingerprint density at radius 3 is 2.30 bits per heavy atom. The summed E-state index contributed by atoms with van der Waals surface area (Å²) in [5.41, 5.74) is -0.579. The SMILES string of the molecule is CC[C@H](C(=O)NCC(C)C)N(Cc1ccc(Cl)cc1Cl)C(=O)CCCN(c1cccc(C(F)(F)F)c1)S(C)(=O)=O. The summed E-state index contributed by atoms with van der Waals surface area (Å²) in [6, 6.07) is 7.96. The van der Waals surface area contributed by atoms with Gasteiger partial charge in [-0.25, -0.2) is 8.42 Å². The van der Waals surface area contributed by atoms with Crippen LogP contribution >= 0.6 is 23.2 Å². The standard InChI is InChI=1S/C27H34Cl2F3N3O4S/c1-5-24(26(37)33-16-18(2)3)34(17-19-11-12-21(28)15-23(19)29)25(36)10-7-13-35(40(4,38)39)22-9-6-8-20(14-22)27(30,31)32/h6,8-9,11-12,14-15,18,24H,5,7,10,13,16-17H2,1-4H3,(H,33,37)/t24-/m1/s1. The van der Waals surface area contributed by atoms with Crippen LogP contribution in [-0.4, -0.2) is 50.5 Å². The van der Waals surface area contributed by atoms with Crippen molar-refractivity contribution in [2.75, 3.05) is 23.7 Å². The first-order valence-corrected chi connectivity index (χ1v) is 15.3. The average molecular weight is 625 g/mol. The minimum Gasteiger partial charge on any atom is -0.354 e. The molecule has 0 saturated carbocycles. The fourth-order valence-corrected chi connectivity index (χ4v) is 5.44. The van der Waals surface area contributed by atoms with Gasteiger partial charge in [0.2, 0.25) is 21.8 Å². The Morgan fingerprint density at radius 1 is 1.07 bits per heavy atom. The fourth-order valence-electron chi connectivity index (χ4n) is 4.02. The third-order valence-electron chi connectivity index (χ3n) is 6.04. The average Bonchev–Trinajstić information content (AvgIpc) is 2.85. The van der Waals surface area contributed by atoms with Gasteiger partial charge in [-0.1, -0.05) is 56.1 Å². The van der Waals surface area contributed by atoms with E-state index < -0.39 is 33.7 Å². The molecule has 2 rings (SSSR count). The number of alkyl halides is 3. The maximum absolute atomic E-state index is 13.5. The number of amides is 2. The highest BCUT2D eigenvalue weighted by Crippen LogP contribution is 2.32. The third-order valence-corrected chi connectivity index (χ3v) is 7.82. The molecule has 222 valence electrons. The molecule has 13 heteroatoms. The van der Waals surface area contributed by atoms with E-state index in [-0.39, 0.29) is 43.4 Å². The lowest BCUT2D eigenvalue weighted by atomic mass is 10.1. The number of nitrogens with zero attached hydrogens (tertiary/aromatic N) is 2. The van der Waals surface area contributed by atoms with E-state index in [4.69, 9.17) is 23.2 Å². The summed E-state index contributed by atoms with van der Waals surface area (Å²) in [6.07, 6.45) is -3.62. The van der Waals surface area contributed by atoms with Gasteiger partial charge in [0.15, 0.2) is 0 Å². The zero-order chi connectivity index (χ0) is 30.3. The molecule has 40 heavy (non-hydrogen) atoms. The van der Waals surface area contributed by atoms with E-state index in [0.717, 1.165) is 28.8 Å². The predicted octanol–water partition coefficient (Wildman–Crippen LogP) is 6.14. The van der Waals surface area contributed by atoms with E-state index in [9.17, 15) is 31.2 Å². The van der Waals surface area contributed by atoms with Crippen LogP contribution in [0, 0.1) is 5.92 Å². The minimum absolute atomic E-state index is 0.00293. The second-order valence-corrected chi connectivity index (χ2v) is 12.6. The second-order valence-electron chi connectivity index (χ2n) is 9.81. The number of hydrogen-bond acceptors (Lipinski definition) is 4. The minimum atomic E-state index is -4.65. The molecule has 0 unspecified atom stereocenters. The number of halogens is 5. The van der Waals surface area contributed by atoms with Crippen molar-refractivity contribution in [3.05, 3.63) is 63.6 Å². The van der Waals surface area contributed by atoms with Crippen molar-refractivity contribution in [3.8, 4) is 0 Å². The Morgan fingerprint density at radius 2 is 1.75 bits per heavy atom. The van der Waals surface area contributed by atoms with E-state index in [1.165, 1.54) is 17.0 Å². The number of anilines is 1. The summed E-state index contributed by atoms with van der Waals surface area (Å²) in [5, 5.41) is 3.57. The van der Waals surface area contributed by atoms with Gasteiger partial charge in [0.05, 0.1) is 17.5 Å². The van der Waals surface area contributed by atoms with Crippen molar-refractivity contribution in [1.82, 2.24) is 10.2 Å². The molecule has 1 N–H and O–H groups in total. The summed E-state index contributed by atoms with van der Waals surface area (Å²) in [4.78, 5) is 27.9. The second kappa shape index (κ2) is 14.4.